The Kier molecular flexibility index (Phi) is 5.96. The SMILES string of the molecule is CC(C)N(C(=O)C1CC=CCC1)c1cc(-c2ccccc2)sc1OC(=O)O. The van der Waals surface area contributed by atoms with Crippen molar-refractivity contribution >= 4 is 29.1 Å². The first-order valence-corrected chi connectivity index (χ1v) is 9.87. The summed E-state index contributed by atoms with van der Waals surface area (Å²) in [7, 11) is 0. The van der Waals surface area contributed by atoms with Gasteiger partial charge in [-0.05, 0) is 44.7 Å². The summed E-state index contributed by atoms with van der Waals surface area (Å²) in [6, 6.07) is 11.4. The number of hydrogen-bond acceptors (Lipinski definition) is 4. The second-order valence-corrected chi connectivity index (χ2v) is 7.82. The summed E-state index contributed by atoms with van der Waals surface area (Å²) in [6.07, 6.45) is 5.17. The number of benzene rings is 1. The average molecular weight is 385 g/mol. The number of anilines is 1. The van der Waals surface area contributed by atoms with Crippen LogP contribution in [0.15, 0.2) is 48.6 Å². The quantitative estimate of drug-likeness (QED) is 0.540. The van der Waals surface area contributed by atoms with E-state index in [0.717, 1.165) is 23.3 Å². The van der Waals surface area contributed by atoms with E-state index in [1.165, 1.54) is 11.3 Å². The Balaban J connectivity index is 2.02. The molecule has 1 atom stereocenters. The highest BCUT2D eigenvalue weighted by Crippen LogP contribution is 2.44. The summed E-state index contributed by atoms with van der Waals surface area (Å²) in [5.41, 5.74) is 1.48. The number of hydrogen-bond donors (Lipinski definition) is 1. The molecule has 0 bridgehead atoms. The highest BCUT2D eigenvalue weighted by molar-refractivity contribution is 7.18. The van der Waals surface area contributed by atoms with E-state index in [-0.39, 0.29) is 22.9 Å². The molecule has 0 saturated carbocycles. The molecule has 0 spiro atoms. The fourth-order valence-corrected chi connectivity index (χ4v) is 4.29. The van der Waals surface area contributed by atoms with E-state index < -0.39 is 6.16 Å². The zero-order valence-corrected chi connectivity index (χ0v) is 16.2. The second kappa shape index (κ2) is 8.39. The van der Waals surface area contributed by atoms with E-state index in [0.29, 0.717) is 12.1 Å². The van der Waals surface area contributed by atoms with Crippen LogP contribution < -0.4 is 9.64 Å². The molecule has 0 fully saturated rings. The molecule has 5 nitrogen and oxygen atoms in total. The molecule has 0 aliphatic heterocycles. The minimum atomic E-state index is -1.38. The van der Waals surface area contributed by atoms with Crippen molar-refractivity contribution < 1.29 is 19.4 Å². The van der Waals surface area contributed by atoms with Crippen LogP contribution in [-0.4, -0.2) is 23.2 Å². The number of carbonyl (C=O) groups excluding carboxylic acids is 1. The van der Waals surface area contributed by atoms with Crippen LogP contribution >= 0.6 is 11.3 Å². The summed E-state index contributed by atoms with van der Waals surface area (Å²) < 4.78 is 5.04. The lowest BCUT2D eigenvalue weighted by Crippen LogP contribution is -2.41. The van der Waals surface area contributed by atoms with Gasteiger partial charge >= 0.3 is 6.16 Å². The fourth-order valence-electron chi connectivity index (χ4n) is 3.30. The fraction of sp³-hybridized carbons (Fsp3) is 0.333. The molecule has 0 saturated heterocycles. The van der Waals surface area contributed by atoms with Crippen molar-refractivity contribution in [3.05, 3.63) is 48.6 Å². The summed E-state index contributed by atoms with van der Waals surface area (Å²) in [5.74, 6) is -0.0721. The van der Waals surface area contributed by atoms with Crippen LogP contribution in [0.4, 0.5) is 10.5 Å². The van der Waals surface area contributed by atoms with Crippen molar-refractivity contribution in [1.29, 1.82) is 0 Å². The van der Waals surface area contributed by atoms with Gasteiger partial charge in [0.1, 0.15) is 0 Å². The van der Waals surface area contributed by atoms with Gasteiger partial charge in [-0.2, -0.15) is 0 Å². The highest BCUT2D eigenvalue weighted by Gasteiger charge is 2.31. The second-order valence-electron chi connectivity index (χ2n) is 6.80. The first-order chi connectivity index (χ1) is 13.0. The number of thiophene rings is 1. The molecule has 1 aliphatic rings. The lowest BCUT2D eigenvalue weighted by Gasteiger charge is -2.30. The molecule has 2 aromatic rings. The molecule has 142 valence electrons. The van der Waals surface area contributed by atoms with Crippen molar-refractivity contribution in [1.82, 2.24) is 0 Å². The monoisotopic (exact) mass is 385 g/mol. The number of carboxylic acid groups (broad SMARTS) is 1. The number of allylic oxidation sites excluding steroid dienone is 2. The molecule has 1 aromatic carbocycles. The van der Waals surface area contributed by atoms with Gasteiger partial charge in [-0.25, -0.2) is 4.79 Å². The van der Waals surface area contributed by atoms with Crippen molar-refractivity contribution in [3.8, 4) is 15.5 Å². The first kappa shape index (κ1) is 19.2. The van der Waals surface area contributed by atoms with E-state index in [1.54, 1.807) is 4.90 Å². The maximum Gasteiger partial charge on any atom is 0.512 e. The first-order valence-electron chi connectivity index (χ1n) is 9.05. The van der Waals surface area contributed by atoms with Crippen molar-refractivity contribution in [2.75, 3.05) is 4.90 Å². The van der Waals surface area contributed by atoms with E-state index >= 15 is 0 Å². The Morgan fingerprint density at radius 2 is 1.96 bits per heavy atom. The van der Waals surface area contributed by atoms with Gasteiger partial charge in [-0.15, -0.1) is 0 Å². The highest BCUT2D eigenvalue weighted by atomic mass is 32.1. The van der Waals surface area contributed by atoms with Crippen molar-refractivity contribution in [2.45, 2.75) is 39.2 Å². The van der Waals surface area contributed by atoms with Gasteiger partial charge in [0.05, 0.1) is 5.69 Å². The number of nitrogens with zero attached hydrogens (tertiary/aromatic N) is 1. The van der Waals surface area contributed by atoms with Crippen LogP contribution in [0, 0.1) is 5.92 Å². The number of ether oxygens (including phenoxy) is 1. The predicted molar refractivity (Wildman–Crippen MR) is 108 cm³/mol. The van der Waals surface area contributed by atoms with E-state index in [1.807, 2.05) is 56.3 Å². The molecule has 27 heavy (non-hydrogen) atoms. The molecule has 3 rings (SSSR count). The molecule has 0 radical (unpaired) electrons. The maximum atomic E-state index is 13.2. The molecule has 1 heterocycles. The van der Waals surface area contributed by atoms with E-state index in [2.05, 4.69) is 6.08 Å². The minimum absolute atomic E-state index is 0.0157. The summed E-state index contributed by atoms with van der Waals surface area (Å²) in [6.45, 7) is 3.86. The zero-order chi connectivity index (χ0) is 19.4. The minimum Gasteiger partial charge on any atom is -0.449 e. The largest absolute Gasteiger partial charge is 0.512 e. The molecular weight excluding hydrogens is 362 g/mol. The lowest BCUT2D eigenvalue weighted by molar-refractivity contribution is -0.123. The van der Waals surface area contributed by atoms with E-state index in [9.17, 15) is 9.59 Å². The number of rotatable bonds is 5. The van der Waals surface area contributed by atoms with Crippen molar-refractivity contribution in [2.24, 2.45) is 5.92 Å². The van der Waals surface area contributed by atoms with Gasteiger partial charge < -0.3 is 14.7 Å². The summed E-state index contributed by atoms with van der Waals surface area (Å²) >= 11 is 1.24. The van der Waals surface area contributed by atoms with Gasteiger partial charge in [0, 0.05) is 16.8 Å². The van der Waals surface area contributed by atoms with Crippen LogP contribution in [0.5, 0.6) is 5.06 Å². The molecule has 1 aromatic heterocycles. The van der Waals surface area contributed by atoms with Crippen LogP contribution in [0.2, 0.25) is 0 Å². The van der Waals surface area contributed by atoms with Gasteiger partial charge in [-0.3, -0.25) is 4.79 Å². The van der Waals surface area contributed by atoms with Crippen LogP contribution in [0.3, 0.4) is 0 Å². The summed E-state index contributed by atoms with van der Waals surface area (Å²) in [5, 5.41) is 9.38. The Hall–Kier alpha value is -2.60. The predicted octanol–water partition coefficient (Wildman–Crippen LogP) is 5.57. The smallest absolute Gasteiger partial charge is 0.449 e. The van der Waals surface area contributed by atoms with Crippen LogP contribution in [0.25, 0.3) is 10.4 Å². The third-order valence-electron chi connectivity index (χ3n) is 4.55. The molecule has 1 amide bonds. The zero-order valence-electron chi connectivity index (χ0n) is 15.4. The third kappa shape index (κ3) is 4.39. The lowest BCUT2D eigenvalue weighted by atomic mass is 9.92. The molecule has 6 heteroatoms. The molecule has 1 N–H and O–H groups in total. The Morgan fingerprint density at radius 3 is 2.56 bits per heavy atom. The number of carbonyl (C=O) groups is 2. The maximum absolute atomic E-state index is 13.2. The Bertz CT molecular complexity index is 841. The van der Waals surface area contributed by atoms with Crippen LogP contribution in [0.1, 0.15) is 33.1 Å². The van der Waals surface area contributed by atoms with Crippen molar-refractivity contribution in [3.63, 3.8) is 0 Å². The number of amides is 1. The Labute approximate surface area is 162 Å². The normalized spacial score (nSPS) is 16.3. The molecule has 1 aliphatic carbocycles. The van der Waals surface area contributed by atoms with Crippen LogP contribution in [-0.2, 0) is 4.79 Å². The standard InChI is InChI=1S/C21H23NO4S/c1-14(2)22(19(23)16-11-7-4-8-12-16)17-13-18(15-9-5-3-6-10-15)27-20(17)26-21(24)25/h3-7,9-10,13-14,16H,8,11-12H2,1-2H3,(H,24,25). The van der Waals surface area contributed by atoms with E-state index in [4.69, 9.17) is 9.84 Å². The average Bonchev–Trinajstić information content (AvgIpc) is 3.05. The third-order valence-corrected chi connectivity index (χ3v) is 5.60. The molecule has 1 unspecified atom stereocenters. The Morgan fingerprint density at radius 1 is 1.22 bits per heavy atom. The summed E-state index contributed by atoms with van der Waals surface area (Å²) in [4.78, 5) is 27.0. The van der Waals surface area contributed by atoms with Gasteiger partial charge in [0.2, 0.25) is 11.0 Å². The van der Waals surface area contributed by atoms with Gasteiger partial charge in [-0.1, -0.05) is 53.8 Å². The topological polar surface area (TPSA) is 66.8 Å². The van der Waals surface area contributed by atoms with Gasteiger partial charge in [0.25, 0.3) is 0 Å². The molecular formula is C21H23NO4S. The van der Waals surface area contributed by atoms with Gasteiger partial charge in [0.15, 0.2) is 0 Å².